The molecule has 29 heavy (non-hydrogen) atoms. The van der Waals surface area contributed by atoms with E-state index >= 15 is 0 Å². The van der Waals surface area contributed by atoms with Crippen molar-refractivity contribution in [2.45, 2.75) is 32.6 Å². The van der Waals surface area contributed by atoms with Gasteiger partial charge in [0.25, 0.3) is 0 Å². The highest BCUT2D eigenvalue weighted by molar-refractivity contribution is 7.17. The maximum atomic E-state index is 12.5. The number of rotatable bonds is 5. The summed E-state index contributed by atoms with van der Waals surface area (Å²) in [6, 6.07) is 5.49. The highest BCUT2D eigenvalue weighted by Gasteiger charge is 2.29. The summed E-state index contributed by atoms with van der Waals surface area (Å²) in [7, 11) is 1.37. The lowest BCUT2D eigenvalue weighted by Crippen LogP contribution is -2.15. The summed E-state index contributed by atoms with van der Waals surface area (Å²) >= 11 is 1.49. The van der Waals surface area contributed by atoms with E-state index in [-0.39, 0.29) is 12.7 Å². The van der Waals surface area contributed by atoms with Crippen molar-refractivity contribution >= 4 is 34.3 Å². The zero-order valence-corrected chi connectivity index (χ0v) is 17.3. The van der Waals surface area contributed by atoms with Crippen molar-refractivity contribution in [1.82, 2.24) is 0 Å². The van der Waals surface area contributed by atoms with Gasteiger partial charge in [-0.1, -0.05) is 19.4 Å². The van der Waals surface area contributed by atoms with Crippen LogP contribution in [0.4, 0.5) is 5.00 Å². The second-order valence-corrected chi connectivity index (χ2v) is 8.26. The first kappa shape index (κ1) is 19.5. The van der Waals surface area contributed by atoms with Crippen molar-refractivity contribution in [3.8, 4) is 11.5 Å². The number of nitrogens with one attached hydrogen (secondary N) is 1. The molecular weight excluding hydrogens is 390 g/mol. The lowest BCUT2D eigenvalue weighted by atomic mass is 9.86. The van der Waals surface area contributed by atoms with Gasteiger partial charge in [-0.05, 0) is 54.5 Å². The molecule has 1 aromatic carbocycles. The molecule has 1 N–H and O–H groups in total. The molecule has 2 aromatic rings. The molecule has 1 atom stereocenters. The second kappa shape index (κ2) is 8.29. The van der Waals surface area contributed by atoms with Crippen LogP contribution in [0.5, 0.6) is 11.5 Å². The van der Waals surface area contributed by atoms with Gasteiger partial charge in [-0.15, -0.1) is 11.3 Å². The van der Waals surface area contributed by atoms with Gasteiger partial charge in [0.15, 0.2) is 11.5 Å². The molecule has 1 unspecified atom stereocenters. The van der Waals surface area contributed by atoms with E-state index in [9.17, 15) is 9.59 Å². The summed E-state index contributed by atoms with van der Waals surface area (Å²) in [5, 5.41) is 3.44. The van der Waals surface area contributed by atoms with Gasteiger partial charge >= 0.3 is 5.97 Å². The summed E-state index contributed by atoms with van der Waals surface area (Å²) in [5.41, 5.74) is 2.36. The van der Waals surface area contributed by atoms with Crippen molar-refractivity contribution in [3.63, 3.8) is 0 Å². The molecule has 1 aromatic heterocycles. The average Bonchev–Trinajstić information content (AvgIpc) is 3.34. The van der Waals surface area contributed by atoms with E-state index in [0.29, 0.717) is 28.0 Å². The standard InChI is InChI=1S/C22H23NO5S/c1-3-13-4-7-15-18(11-13)29-21(20(15)22(25)26-2)23-19(24)9-6-14-5-8-16-17(10-14)28-12-27-16/h5-6,8-10,13H,3-4,7,11-12H2,1-2H3,(H,23,24). The van der Waals surface area contributed by atoms with E-state index in [1.807, 2.05) is 18.2 Å². The van der Waals surface area contributed by atoms with Crippen LogP contribution in [0.3, 0.4) is 0 Å². The number of ether oxygens (including phenoxy) is 3. The fourth-order valence-electron chi connectivity index (χ4n) is 3.75. The number of anilines is 1. The van der Waals surface area contributed by atoms with Crippen LogP contribution in [-0.2, 0) is 22.4 Å². The highest BCUT2D eigenvalue weighted by Crippen LogP contribution is 2.40. The van der Waals surface area contributed by atoms with Crippen LogP contribution in [0, 0.1) is 5.92 Å². The third-order valence-corrected chi connectivity index (χ3v) is 6.56. The molecule has 0 saturated carbocycles. The predicted octanol–water partition coefficient (Wildman–Crippen LogP) is 4.43. The molecule has 2 heterocycles. The Kier molecular flexibility index (Phi) is 5.58. The van der Waals surface area contributed by atoms with Crippen LogP contribution >= 0.6 is 11.3 Å². The van der Waals surface area contributed by atoms with Gasteiger partial charge in [0.05, 0.1) is 12.7 Å². The number of methoxy groups -OCH3 is 1. The van der Waals surface area contributed by atoms with Gasteiger partial charge in [0.1, 0.15) is 5.00 Å². The Balaban J connectivity index is 1.53. The summed E-state index contributed by atoms with van der Waals surface area (Å²) in [6.45, 7) is 2.40. The van der Waals surface area contributed by atoms with E-state index < -0.39 is 5.97 Å². The van der Waals surface area contributed by atoms with Gasteiger partial charge in [-0.25, -0.2) is 4.79 Å². The normalized spacial score (nSPS) is 17.2. The molecule has 7 heteroatoms. The second-order valence-electron chi connectivity index (χ2n) is 7.15. The summed E-state index contributed by atoms with van der Waals surface area (Å²) in [4.78, 5) is 26.1. The van der Waals surface area contributed by atoms with Crippen molar-refractivity contribution in [2.75, 3.05) is 19.2 Å². The monoisotopic (exact) mass is 413 g/mol. The van der Waals surface area contributed by atoms with Crippen LogP contribution in [-0.4, -0.2) is 25.8 Å². The number of benzene rings is 1. The van der Waals surface area contributed by atoms with E-state index in [4.69, 9.17) is 14.2 Å². The quantitative estimate of drug-likeness (QED) is 0.580. The van der Waals surface area contributed by atoms with Crippen LogP contribution in [0.25, 0.3) is 6.08 Å². The Morgan fingerprint density at radius 1 is 1.31 bits per heavy atom. The SMILES string of the molecule is CCC1CCc2c(sc(NC(=O)C=Cc3ccc4c(c3)OCO4)c2C(=O)OC)C1. The minimum atomic E-state index is -0.396. The number of esters is 1. The summed E-state index contributed by atoms with van der Waals surface area (Å²) in [6.07, 6.45) is 7.12. The molecule has 4 rings (SSSR count). The number of carbonyl (C=O) groups is 2. The topological polar surface area (TPSA) is 73.9 Å². The van der Waals surface area contributed by atoms with Crippen molar-refractivity contribution < 1.29 is 23.8 Å². The van der Waals surface area contributed by atoms with Crippen LogP contribution in [0.2, 0.25) is 0 Å². The Labute approximate surface area is 173 Å². The minimum absolute atomic E-state index is 0.210. The summed E-state index contributed by atoms with van der Waals surface area (Å²) in [5.74, 6) is 1.30. The van der Waals surface area contributed by atoms with Gasteiger partial charge in [0.2, 0.25) is 12.7 Å². The van der Waals surface area contributed by atoms with Gasteiger partial charge < -0.3 is 19.5 Å². The molecule has 0 bridgehead atoms. The van der Waals surface area contributed by atoms with Crippen LogP contribution < -0.4 is 14.8 Å². The number of hydrogen-bond donors (Lipinski definition) is 1. The smallest absolute Gasteiger partial charge is 0.341 e. The molecule has 1 aliphatic heterocycles. The van der Waals surface area contributed by atoms with Crippen LogP contribution in [0.1, 0.15) is 46.1 Å². The summed E-state index contributed by atoms with van der Waals surface area (Å²) < 4.78 is 15.6. The molecule has 0 radical (unpaired) electrons. The Hall–Kier alpha value is -2.80. The number of hydrogen-bond acceptors (Lipinski definition) is 6. The first-order valence-corrected chi connectivity index (χ1v) is 10.5. The largest absolute Gasteiger partial charge is 0.465 e. The molecule has 6 nitrogen and oxygen atoms in total. The van der Waals surface area contributed by atoms with Gasteiger partial charge in [0, 0.05) is 11.0 Å². The number of thiophene rings is 1. The third kappa shape index (κ3) is 4.00. The molecule has 152 valence electrons. The fourth-order valence-corrected chi connectivity index (χ4v) is 5.10. The lowest BCUT2D eigenvalue weighted by molar-refractivity contribution is -0.111. The molecule has 1 amide bonds. The van der Waals surface area contributed by atoms with E-state index in [2.05, 4.69) is 12.2 Å². The fraction of sp³-hybridized carbons (Fsp3) is 0.364. The molecule has 2 aliphatic rings. The maximum absolute atomic E-state index is 12.5. The van der Waals surface area contributed by atoms with E-state index in [0.717, 1.165) is 36.8 Å². The number of amides is 1. The predicted molar refractivity (Wildman–Crippen MR) is 112 cm³/mol. The lowest BCUT2D eigenvalue weighted by Gasteiger charge is -2.20. The van der Waals surface area contributed by atoms with E-state index in [1.54, 1.807) is 6.08 Å². The van der Waals surface area contributed by atoms with Gasteiger partial charge in [-0.2, -0.15) is 0 Å². The zero-order valence-electron chi connectivity index (χ0n) is 16.4. The first-order valence-electron chi connectivity index (χ1n) is 9.70. The van der Waals surface area contributed by atoms with Gasteiger partial charge in [-0.3, -0.25) is 4.79 Å². The van der Waals surface area contributed by atoms with Crippen molar-refractivity contribution in [2.24, 2.45) is 5.92 Å². The molecule has 0 saturated heterocycles. The first-order chi connectivity index (χ1) is 14.1. The average molecular weight is 413 g/mol. The minimum Gasteiger partial charge on any atom is -0.465 e. The number of carbonyl (C=O) groups excluding carboxylic acids is 2. The Morgan fingerprint density at radius 3 is 2.93 bits per heavy atom. The highest BCUT2D eigenvalue weighted by atomic mass is 32.1. The molecular formula is C22H23NO5S. The number of fused-ring (bicyclic) bond motifs is 2. The van der Waals surface area contributed by atoms with Crippen molar-refractivity contribution in [3.05, 3.63) is 45.8 Å². The zero-order chi connectivity index (χ0) is 20.4. The Bertz CT molecular complexity index is 978. The van der Waals surface area contributed by atoms with Crippen molar-refractivity contribution in [1.29, 1.82) is 0 Å². The third-order valence-electron chi connectivity index (χ3n) is 5.39. The molecule has 0 fully saturated rings. The Morgan fingerprint density at radius 2 is 2.14 bits per heavy atom. The van der Waals surface area contributed by atoms with Crippen LogP contribution in [0.15, 0.2) is 24.3 Å². The maximum Gasteiger partial charge on any atom is 0.341 e. The molecule has 1 aliphatic carbocycles. The van der Waals surface area contributed by atoms with E-state index in [1.165, 1.54) is 29.4 Å². The molecule has 0 spiro atoms.